The van der Waals surface area contributed by atoms with Crippen LogP contribution in [0.5, 0.6) is 0 Å². The third-order valence-electron chi connectivity index (χ3n) is 2.59. The lowest BCUT2D eigenvalue weighted by Gasteiger charge is -2.09. The SMILES string of the molecule is CCCNc1cncc(Nc2cc(F)c(F)c(F)c2)c1. The van der Waals surface area contributed by atoms with E-state index in [1.165, 1.54) is 6.20 Å². The molecule has 106 valence electrons. The first kappa shape index (κ1) is 14.2. The zero-order chi connectivity index (χ0) is 14.5. The molecule has 0 aliphatic heterocycles. The number of nitrogens with one attached hydrogen (secondary N) is 2. The molecule has 6 heteroatoms. The van der Waals surface area contributed by atoms with E-state index in [0.29, 0.717) is 5.69 Å². The topological polar surface area (TPSA) is 37.0 Å². The molecular formula is C14H14F3N3. The maximum absolute atomic E-state index is 13.1. The Morgan fingerprint density at radius 1 is 0.950 bits per heavy atom. The van der Waals surface area contributed by atoms with E-state index in [9.17, 15) is 13.2 Å². The molecule has 0 aliphatic rings. The highest BCUT2D eigenvalue weighted by Gasteiger charge is 2.10. The molecule has 1 heterocycles. The molecule has 1 aromatic heterocycles. The van der Waals surface area contributed by atoms with Gasteiger partial charge < -0.3 is 10.6 Å². The van der Waals surface area contributed by atoms with Gasteiger partial charge in [-0.25, -0.2) is 13.2 Å². The molecule has 3 nitrogen and oxygen atoms in total. The first-order valence-electron chi connectivity index (χ1n) is 6.20. The van der Waals surface area contributed by atoms with Crippen molar-refractivity contribution in [3.63, 3.8) is 0 Å². The van der Waals surface area contributed by atoms with Crippen molar-refractivity contribution in [3.8, 4) is 0 Å². The summed E-state index contributed by atoms with van der Waals surface area (Å²) in [5.41, 5.74) is 1.47. The fourth-order valence-electron chi connectivity index (χ4n) is 1.67. The molecule has 0 radical (unpaired) electrons. The van der Waals surface area contributed by atoms with Crippen molar-refractivity contribution in [2.24, 2.45) is 0 Å². The molecule has 20 heavy (non-hydrogen) atoms. The quantitative estimate of drug-likeness (QED) is 0.811. The highest BCUT2D eigenvalue weighted by Crippen LogP contribution is 2.22. The van der Waals surface area contributed by atoms with Gasteiger partial charge in [0.05, 0.1) is 23.8 Å². The van der Waals surface area contributed by atoms with E-state index in [1.807, 2.05) is 6.92 Å². The van der Waals surface area contributed by atoms with Crippen molar-refractivity contribution >= 4 is 17.1 Å². The average Bonchev–Trinajstić information content (AvgIpc) is 2.43. The van der Waals surface area contributed by atoms with E-state index in [1.54, 1.807) is 12.3 Å². The van der Waals surface area contributed by atoms with Crippen molar-refractivity contribution in [1.29, 1.82) is 0 Å². The molecule has 1 aromatic carbocycles. The van der Waals surface area contributed by atoms with Crippen LogP contribution in [-0.4, -0.2) is 11.5 Å². The van der Waals surface area contributed by atoms with Crippen LogP contribution >= 0.6 is 0 Å². The van der Waals surface area contributed by atoms with E-state index in [0.717, 1.165) is 30.8 Å². The number of nitrogens with zero attached hydrogens (tertiary/aromatic N) is 1. The van der Waals surface area contributed by atoms with E-state index in [2.05, 4.69) is 15.6 Å². The number of hydrogen-bond donors (Lipinski definition) is 2. The molecule has 0 unspecified atom stereocenters. The predicted octanol–water partition coefficient (Wildman–Crippen LogP) is 4.06. The maximum Gasteiger partial charge on any atom is 0.194 e. The summed E-state index contributed by atoms with van der Waals surface area (Å²) < 4.78 is 39.1. The summed E-state index contributed by atoms with van der Waals surface area (Å²) in [6.07, 6.45) is 4.12. The molecule has 0 saturated heterocycles. The number of anilines is 3. The molecule has 0 atom stereocenters. The van der Waals surface area contributed by atoms with Crippen molar-refractivity contribution in [1.82, 2.24) is 4.98 Å². The van der Waals surface area contributed by atoms with Gasteiger partial charge in [0.15, 0.2) is 17.5 Å². The minimum absolute atomic E-state index is 0.121. The highest BCUT2D eigenvalue weighted by atomic mass is 19.2. The van der Waals surface area contributed by atoms with Crippen LogP contribution < -0.4 is 10.6 Å². The summed E-state index contributed by atoms with van der Waals surface area (Å²) >= 11 is 0. The predicted molar refractivity (Wildman–Crippen MR) is 72.6 cm³/mol. The van der Waals surface area contributed by atoms with Gasteiger partial charge in [-0.2, -0.15) is 0 Å². The Morgan fingerprint density at radius 3 is 2.25 bits per heavy atom. The lowest BCUT2D eigenvalue weighted by Crippen LogP contribution is -2.01. The second-order valence-corrected chi connectivity index (χ2v) is 4.27. The summed E-state index contributed by atoms with van der Waals surface area (Å²) in [4.78, 5) is 4.01. The van der Waals surface area contributed by atoms with Crippen molar-refractivity contribution < 1.29 is 13.2 Å². The first-order valence-corrected chi connectivity index (χ1v) is 6.20. The van der Waals surface area contributed by atoms with Crippen LogP contribution in [0.2, 0.25) is 0 Å². The summed E-state index contributed by atoms with van der Waals surface area (Å²) in [5, 5.41) is 5.92. The second-order valence-electron chi connectivity index (χ2n) is 4.27. The van der Waals surface area contributed by atoms with Crippen molar-refractivity contribution in [2.75, 3.05) is 17.2 Å². The second kappa shape index (κ2) is 6.27. The van der Waals surface area contributed by atoms with Crippen LogP contribution in [0, 0.1) is 17.5 Å². The Balaban J connectivity index is 2.17. The third-order valence-corrected chi connectivity index (χ3v) is 2.59. The Bertz CT molecular complexity index is 579. The Hall–Kier alpha value is -2.24. The third kappa shape index (κ3) is 3.40. The lowest BCUT2D eigenvalue weighted by atomic mass is 10.2. The van der Waals surface area contributed by atoms with Gasteiger partial charge in [0.1, 0.15) is 0 Å². The van der Waals surface area contributed by atoms with Gasteiger partial charge in [0.25, 0.3) is 0 Å². The fraction of sp³-hybridized carbons (Fsp3) is 0.214. The van der Waals surface area contributed by atoms with Crippen LogP contribution in [0.25, 0.3) is 0 Å². The zero-order valence-electron chi connectivity index (χ0n) is 10.9. The van der Waals surface area contributed by atoms with Crippen LogP contribution in [0.3, 0.4) is 0 Å². The zero-order valence-corrected chi connectivity index (χ0v) is 10.9. The molecule has 2 N–H and O–H groups in total. The summed E-state index contributed by atoms with van der Waals surface area (Å²) in [6.45, 7) is 2.83. The van der Waals surface area contributed by atoms with E-state index in [4.69, 9.17) is 0 Å². The van der Waals surface area contributed by atoms with Crippen molar-refractivity contribution in [2.45, 2.75) is 13.3 Å². The number of halogens is 3. The van der Waals surface area contributed by atoms with Gasteiger partial charge in [-0.05, 0) is 12.5 Å². The van der Waals surface area contributed by atoms with E-state index >= 15 is 0 Å². The van der Waals surface area contributed by atoms with E-state index < -0.39 is 17.5 Å². The minimum atomic E-state index is -1.48. The van der Waals surface area contributed by atoms with Gasteiger partial charge in [0.2, 0.25) is 0 Å². The van der Waals surface area contributed by atoms with E-state index in [-0.39, 0.29) is 5.69 Å². The highest BCUT2D eigenvalue weighted by molar-refractivity contribution is 5.63. The summed E-state index contributed by atoms with van der Waals surface area (Å²) in [5.74, 6) is -3.95. The van der Waals surface area contributed by atoms with Crippen LogP contribution in [0.1, 0.15) is 13.3 Å². The van der Waals surface area contributed by atoms with Crippen LogP contribution in [0.15, 0.2) is 30.6 Å². The fourth-order valence-corrected chi connectivity index (χ4v) is 1.67. The number of pyridine rings is 1. The maximum atomic E-state index is 13.1. The Morgan fingerprint density at radius 2 is 1.60 bits per heavy atom. The van der Waals surface area contributed by atoms with Crippen LogP contribution in [-0.2, 0) is 0 Å². The standard InChI is InChI=1S/C14H14F3N3/c1-2-3-19-10-4-11(8-18-7-10)20-9-5-12(15)14(17)13(16)6-9/h4-8,19-20H,2-3H2,1H3. The molecule has 2 rings (SSSR count). The average molecular weight is 281 g/mol. The Labute approximate surface area is 114 Å². The molecule has 0 fully saturated rings. The molecule has 2 aromatic rings. The number of benzene rings is 1. The number of aromatic nitrogens is 1. The monoisotopic (exact) mass is 281 g/mol. The number of rotatable bonds is 5. The molecule has 0 aliphatic carbocycles. The van der Waals surface area contributed by atoms with Gasteiger partial charge in [-0.15, -0.1) is 0 Å². The van der Waals surface area contributed by atoms with Gasteiger partial charge in [-0.1, -0.05) is 6.92 Å². The Kier molecular flexibility index (Phi) is 4.45. The molecule has 0 saturated carbocycles. The van der Waals surface area contributed by atoms with Gasteiger partial charge >= 0.3 is 0 Å². The summed E-state index contributed by atoms with van der Waals surface area (Å²) in [6, 6.07) is 3.54. The molecule has 0 amide bonds. The first-order chi connectivity index (χ1) is 9.60. The largest absolute Gasteiger partial charge is 0.384 e. The number of hydrogen-bond acceptors (Lipinski definition) is 3. The van der Waals surface area contributed by atoms with Crippen molar-refractivity contribution in [3.05, 3.63) is 48.0 Å². The van der Waals surface area contributed by atoms with Gasteiger partial charge in [-0.3, -0.25) is 4.98 Å². The normalized spacial score (nSPS) is 10.4. The molecule has 0 bridgehead atoms. The molecule has 0 spiro atoms. The minimum Gasteiger partial charge on any atom is -0.384 e. The van der Waals surface area contributed by atoms with Gasteiger partial charge in [0, 0.05) is 24.4 Å². The smallest absolute Gasteiger partial charge is 0.194 e. The molecular weight excluding hydrogens is 267 g/mol. The summed E-state index contributed by atoms with van der Waals surface area (Å²) in [7, 11) is 0. The van der Waals surface area contributed by atoms with Crippen LogP contribution in [0.4, 0.5) is 30.2 Å². The lowest BCUT2D eigenvalue weighted by molar-refractivity contribution is 0.448.